The van der Waals surface area contributed by atoms with E-state index in [-0.39, 0.29) is 17.6 Å². The highest BCUT2D eigenvalue weighted by Gasteiger charge is 2.14. The Morgan fingerprint density at radius 2 is 1.76 bits per heavy atom. The van der Waals surface area contributed by atoms with Crippen molar-refractivity contribution in [2.24, 2.45) is 7.05 Å². The number of carbonyl (C=O) groups excluding carboxylic acids is 2. The second-order valence-corrected chi connectivity index (χ2v) is 6.82. The number of hydrogen-bond donors (Lipinski definition) is 2. The summed E-state index contributed by atoms with van der Waals surface area (Å²) in [6.45, 7) is 2.02. The van der Waals surface area contributed by atoms with Crippen LogP contribution in [0.2, 0.25) is 0 Å². The van der Waals surface area contributed by atoms with E-state index in [0.29, 0.717) is 5.56 Å². The van der Waals surface area contributed by atoms with Crippen LogP contribution in [0, 0.1) is 6.92 Å². The van der Waals surface area contributed by atoms with Gasteiger partial charge < -0.3 is 4.57 Å². The van der Waals surface area contributed by atoms with Crippen LogP contribution >= 0.6 is 11.8 Å². The number of carbonyl (C=O) groups is 2. The molecule has 2 N–H and O–H groups in total. The molecule has 6 heteroatoms. The largest absolute Gasteiger partial charge is 0.350 e. The highest BCUT2D eigenvalue weighted by Crippen LogP contribution is 2.20. The van der Waals surface area contributed by atoms with E-state index in [9.17, 15) is 9.59 Å². The van der Waals surface area contributed by atoms with Crippen molar-refractivity contribution >= 4 is 34.5 Å². The lowest BCUT2D eigenvalue weighted by Crippen LogP contribution is -2.42. The van der Waals surface area contributed by atoms with E-state index in [0.717, 1.165) is 15.8 Å². The smallest absolute Gasteiger partial charge is 0.271 e. The Morgan fingerprint density at radius 1 is 1.04 bits per heavy atom. The maximum atomic E-state index is 12.3. The van der Waals surface area contributed by atoms with Gasteiger partial charge in [-0.1, -0.05) is 35.9 Å². The fourth-order valence-corrected chi connectivity index (χ4v) is 3.23. The van der Waals surface area contributed by atoms with Gasteiger partial charge in [0.05, 0.1) is 11.3 Å². The number of hydrogen-bond acceptors (Lipinski definition) is 3. The summed E-state index contributed by atoms with van der Waals surface area (Å²) in [4.78, 5) is 25.3. The lowest BCUT2D eigenvalue weighted by Gasteiger charge is -2.07. The maximum Gasteiger partial charge on any atom is 0.271 e. The average molecular weight is 353 g/mol. The first-order valence-corrected chi connectivity index (χ1v) is 8.86. The van der Waals surface area contributed by atoms with Crippen LogP contribution < -0.4 is 10.9 Å². The molecule has 0 atom stereocenters. The molecule has 5 nitrogen and oxygen atoms in total. The van der Waals surface area contributed by atoms with Crippen LogP contribution in [0.5, 0.6) is 0 Å². The van der Waals surface area contributed by atoms with Crippen LogP contribution in [0.15, 0.2) is 59.6 Å². The Kier molecular flexibility index (Phi) is 5.09. The molecular weight excluding hydrogens is 334 g/mol. The molecule has 0 spiro atoms. The van der Waals surface area contributed by atoms with E-state index in [4.69, 9.17) is 0 Å². The van der Waals surface area contributed by atoms with E-state index < -0.39 is 0 Å². The molecule has 1 aromatic heterocycles. The third-order valence-electron chi connectivity index (χ3n) is 3.85. The molecule has 0 unspecified atom stereocenters. The quantitative estimate of drug-likeness (QED) is 0.560. The second-order valence-electron chi connectivity index (χ2n) is 5.77. The zero-order valence-electron chi connectivity index (χ0n) is 14.1. The zero-order chi connectivity index (χ0) is 17.8. The molecule has 0 saturated heterocycles. The molecule has 25 heavy (non-hydrogen) atoms. The molecule has 2 aromatic carbocycles. The summed E-state index contributed by atoms with van der Waals surface area (Å²) >= 11 is 1.42. The van der Waals surface area contributed by atoms with Crippen LogP contribution in [-0.2, 0) is 11.8 Å². The zero-order valence-corrected chi connectivity index (χ0v) is 14.9. The van der Waals surface area contributed by atoms with Gasteiger partial charge in [0.1, 0.15) is 0 Å². The summed E-state index contributed by atoms with van der Waals surface area (Å²) in [7, 11) is 1.88. The molecule has 0 aliphatic heterocycles. The van der Waals surface area contributed by atoms with E-state index in [1.165, 1.54) is 17.3 Å². The van der Waals surface area contributed by atoms with Gasteiger partial charge >= 0.3 is 0 Å². The van der Waals surface area contributed by atoms with Gasteiger partial charge in [0.2, 0.25) is 5.91 Å². The van der Waals surface area contributed by atoms with Crippen molar-refractivity contribution in [3.05, 3.63) is 65.9 Å². The summed E-state index contributed by atoms with van der Waals surface area (Å²) in [6, 6.07) is 15.6. The van der Waals surface area contributed by atoms with Gasteiger partial charge in [-0.05, 0) is 25.1 Å². The number of benzene rings is 2. The Bertz CT molecular complexity index is 916. The van der Waals surface area contributed by atoms with E-state index in [1.807, 2.05) is 67.1 Å². The minimum Gasteiger partial charge on any atom is -0.350 e. The van der Waals surface area contributed by atoms with Gasteiger partial charge in [-0.3, -0.25) is 20.4 Å². The van der Waals surface area contributed by atoms with Crippen molar-refractivity contribution in [2.45, 2.75) is 11.8 Å². The van der Waals surface area contributed by atoms with Gasteiger partial charge in [-0.15, -0.1) is 11.8 Å². The van der Waals surface area contributed by atoms with Crippen LogP contribution in [0.3, 0.4) is 0 Å². The Balaban J connectivity index is 1.56. The number of rotatable bonds is 4. The number of nitrogens with zero attached hydrogens (tertiary/aromatic N) is 1. The number of nitrogens with one attached hydrogen (secondary N) is 2. The summed E-state index contributed by atoms with van der Waals surface area (Å²) in [6.07, 6.45) is 1.76. The molecule has 1 heterocycles. The summed E-state index contributed by atoms with van der Waals surface area (Å²) in [5.41, 5.74) is 7.63. The van der Waals surface area contributed by atoms with Crippen LogP contribution in [0.4, 0.5) is 0 Å². The lowest BCUT2D eigenvalue weighted by molar-refractivity contribution is -0.119. The second kappa shape index (κ2) is 7.44. The first-order chi connectivity index (χ1) is 12.0. The molecular formula is C19H19N3O2S. The number of aryl methyl sites for hydroxylation is 2. The topological polar surface area (TPSA) is 63.1 Å². The lowest BCUT2D eigenvalue weighted by atomic mass is 10.2. The molecule has 0 aliphatic rings. The van der Waals surface area contributed by atoms with Crippen molar-refractivity contribution in [3.63, 3.8) is 0 Å². The third-order valence-corrected chi connectivity index (χ3v) is 4.86. The molecule has 0 saturated carbocycles. The Morgan fingerprint density at radius 3 is 2.52 bits per heavy atom. The predicted octanol–water partition coefficient (Wildman–Crippen LogP) is 3.04. The first kappa shape index (κ1) is 17.1. The number of fused-ring (bicyclic) bond motifs is 1. The van der Waals surface area contributed by atoms with Crippen LogP contribution in [0.1, 0.15) is 15.9 Å². The molecule has 3 aromatic rings. The van der Waals surface area contributed by atoms with Gasteiger partial charge in [0.15, 0.2) is 0 Å². The van der Waals surface area contributed by atoms with Crippen molar-refractivity contribution in [1.29, 1.82) is 0 Å². The number of para-hydroxylation sites is 1. The fraction of sp³-hybridized carbons (Fsp3) is 0.158. The molecule has 0 aliphatic carbocycles. The van der Waals surface area contributed by atoms with Gasteiger partial charge in [0, 0.05) is 29.0 Å². The summed E-state index contributed by atoms with van der Waals surface area (Å²) in [5, 5.41) is 0.853. The molecule has 0 bridgehead atoms. The van der Waals surface area contributed by atoms with Crippen molar-refractivity contribution in [1.82, 2.24) is 15.4 Å². The average Bonchev–Trinajstić information content (AvgIpc) is 2.96. The molecule has 2 amide bonds. The minimum absolute atomic E-state index is 0.235. The first-order valence-electron chi connectivity index (χ1n) is 7.87. The van der Waals surface area contributed by atoms with E-state index in [1.54, 1.807) is 6.20 Å². The Hall–Kier alpha value is -2.73. The third kappa shape index (κ3) is 4.03. The number of thioether (sulfide) groups is 1. The number of aromatic nitrogens is 1. The number of hydrazine groups is 1. The van der Waals surface area contributed by atoms with Gasteiger partial charge in [0.25, 0.3) is 5.91 Å². The molecule has 128 valence electrons. The van der Waals surface area contributed by atoms with Crippen molar-refractivity contribution in [2.75, 3.05) is 5.75 Å². The van der Waals surface area contributed by atoms with Crippen LogP contribution in [0.25, 0.3) is 10.9 Å². The summed E-state index contributed by atoms with van der Waals surface area (Å²) in [5.74, 6) is -0.344. The van der Waals surface area contributed by atoms with Crippen molar-refractivity contribution < 1.29 is 9.59 Å². The van der Waals surface area contributed by atoms with Crippen LogP contribution in [-0.4, -0.2) is 22.1 Å². The molecule has 0 fully saturated rings. The predicted molar refractivity (Wildman–Crippen MR) is 100 cm³/mol. The van der Waals surface area contributed by atoms with E-state index in [2.05, 4.69) is 10.9 Å². The van der Waals surface area contributed by atoms with Gasteiger partial charge in [-0.25, -0.2) is 0 Å². The number of amides is 2. The molecule has 0 radical (unpaired) electrons. The highest BCUT2D eigenvalue weighted by atomic mass is 32.2. The fourth-order valence-electron chi connectivity index (χ4n) is 2.54. The standard InChI is InChI=1S/C19H19N3O2S/c1-13-7-9-14(10-8-13)25-12-18(23)20-21-19(24)16-11-22(2)17-6-4-3-5-15(16)17/h3-11H,12H2,1-2H3,(H,20,23)(H,21,24). The SMILES string of the molecule is Cc1ccc(SCC(=O)NNC(=O)c2cn(C)c3ccccc23)cc1. The summed E-state index contributed by atoms with van der Waals surface area (Å²) < 4.78 is 1.89. The minimum atomic E-state index is -0.328. The molecule has 3 rings (SSSR count). The highest BCUT2D eigenvalue weighted by molar-refractivity contribution is 8.00. The normalized spacial score (nSPS) is 10.6. The van der Waals surface area contributed by atoms with E-state index >= 15 is 0 Å². The maximum absolute atomic E-state index is 12.3. The monoisotopic (exact) mass is 353 g/mol. The Labute approximate surface area is 150 Å². The van der Waals surface area contributed by atoms with Crippen molar-refractivity contribution in [3.8, 4) is 0 Å². The van der Waals surface area contributed by atoms with Gasteiger partial charge in [-0.2, -0.15) is 0 Å².